The monoisotopic (exact) mass is 239 g/mol. The van der Waals surface area contributed by atoms with Crippen molar-refractivity contribution in [2.45, 2.75) is 13.3 Å². The Bertz CT molecular complexity index is 215. The lowest BCUT2D eigenvalue weighted by Gasteiger charge is -2.12. The molecule has 0 radical (unpaired) electrons. The third-order valence-electron chi connectivity index (χ3n) is 1.41. The SMILES string of the molecule is CC(=O)C(=O)CCN(C)OOSCCF. The van der Waals surface area contributed by atoms with Crippen LogP contribution < -0.4 is 0 Å². The molecule has 0 aliphatic rings. The number of rotatable bonds is 9. The molecule has 0 fully saturated rings. The molecule has 0 spiro atoms. The average molecular weight is 239 g/mol. The third-order valence-corrected chi connectivity index (χ3v) is 1.89. The smallest absolute Gasteiger partial charge is 0.199 e. The van der Waals surface area contributed by atoms with E-state index in [1.165, 1.54) is 12.0 Å². The van der Waals surface area contributed by atoms with E-state index in [2.05, 4.69) is 9.32 Å². The van der Waals surface area contributed by atoms with Crippen molar-refractivity contribution >= 4 is 23.6 Å². The summed E-state index contributed by atoms with van der Waals surface area (Å²) in [7, 11) is 1.55. The molecule has 0 aliphatic heterocycles. The fraction of sp³-hybridized carbons (Fsp3) is 0.750. The Morgan fingerprint density at radius 3 is 2.67 bits per heavy atom. The summed E-state index contributed by atoms with van der Waals surface area (Å²) in [5.74, 6) is -0.752. The second-order valence-corrected chi connectivity index (χ2v) is 3.51. The Labute approximate surface area is 92.0 Å². The van der Waals surface area contributed by atoms with Gasteiger partial charge in [0.15, 0.2) is 11.6 Å². The summed E-state index contributed by atoms with van der Waals surface area (Å²) in [6.45, 7) is 0.964. The molecule has 7 heteroatoms. The molecule has 88 valence electrons. The molecule has 0 amide bonds. The van der Waals surface area contributed by atoms with E-state index in [9.17, 15) is 14.0 Å². The lowest BCUT2D eigenvalue weighted by Crippen LogP contribution is -2.23. The largest absolute Gasteiger partial charge is 0.291 e. The molecule has 0 aromatic heterocycles. The highest BCUT2D eigenvalue weighted by atomic mass is 32.2. The van der Waals surface area contributed by atoms with E-state index in [0.29, 0.717) is 0 Å². The van der Waals surface area contributed by atoms with Crippen LogP contribution in [0, 0.1) is 0 Å². The number of Topliss-reactive ketones (excluding diaryl/α,β-unsaturated/α-hetero) is 2. The van der Waals surface area contributed by atoms with Gasteiger partial charge in [0.05, 0.1) is 5.75 Å². The van der Waals surface area contributed by atoms with Gasteiger partial charge >= 0.3 is 0 Å². The molecule has 0 saturated carbocycles. The zero-order valence-corrected chi connectivity index (χ0v) is 9.51. The summed E-state index contributed by atoms with van der Waals surface area (Å²) >= 11 is 0.831. The molecular formula is C8H14FNO4S. The summed E-state index contributed by atoms with van der Waals surface area (Å²) < 4.78 is 16.1. The summed E-state index contributed by atoms with van der Waals surface area (Å²) in [5.41, 5.74) is 0. The molecule has 0 N–H and O–H groups in total. The third kappa shape index (κ3) is 8.49. The number of hydroxylamine groups is 2. The molecular weight excluding hydrogens is 225 g/mol. The minimum absolute atomic E-state index is 0.0724. The molecule has 5 nitrogen and oxygen atoms in total. The van der Waals surface area contributed by atoms with E-state index in [0.717, 1.165) is 12.0 Å². The number of carbonyl (C=O) groups is 2. The van der Waals surface area contributed by atoms with Crippen molar-refractivity contribution in [3.05, 3.63) is 0 Å². The molecule has 0 rings (SSSR count). The molecule has 0 aromatic rings. The van der Waals surface area contributed by atoms with E-state index in [1.807, 2.05) is 0 Å². The van der Waals surface area contributed by atoms with E-state index in [4.69, 9.17) is 0 Å². The number of alkyl halides is 1. The van der Waals surface area contributed by atoms with Crippen LogP contribution in [-0.4, -0.2) is 42.6 Å². The highest BCUT2D eigenvalue weighted by Gasteiger charge is 2.09. The first-order valence-electron chi connectivity index (χ1n) is 4.35. The molecule has 0 saturated heterocycles. The van der Waals surface area contributed by atoms with Crippen LogP contribution in [0.4, 0.5) is 4.39 Å². The first-order chi connectivity index (χ1) is 7.07. The standard InChI is InChI=1S/C8H14FNO4S/c1-7(11)8(12)3-5-10(2)13-14-15-6-4-9/h3-6H2,1-2H3. The Kier molecular flexibility index (Phi) is 8.49. The van der Waals surface area contributed by atoms with Crippen molar-refractivity contribution in [1.82, 2.24) is 5.06 Å². The minimum Gasteiger partial charge on any atom is -0.291 e. The van der Waals surface area contributed by atoms with Crippen LogP contribution in [-0.2, 0) is 18.9 Å². The first kappa shape index (κ1) is 14.5. The summed E-state index contributed by atoms with van der Waals surface area (Å²) in [4.78, 5) is 26.1. The lowest BCUT2D eigenvalue weighted by molar-refractivity contribution is -0.349. The highest BCUT2D eigenvalue weighted by Crippen LogP contribution is 2.04. The van der Waals surface area contributed by atoms with Gasteiger partial charge < -0.3 is 0 Å². The van der Waals surface area contributed by atoms with Gasteiger partial charge in [-0.2, -0.15) is 5.06 Å². The zero-order valence-electron chi connectivity index (χ0n) is 8.69. The van der Waals surface area contributed by atoms with Crippen LogP contribution in [0.1, 0.15) is 13.3 Å². The summed E-state index contributed by atoms with van der Waals surface area (Å²) in [5, 5.41) is 1.26. The number of carbonyl (C=O) groups excluding carboxylic acids is 2. The van der Waals surface area contributed by atoms with Crippen molar-refractivity contribution in [3.63, 3.8) is 0 Å². The average Bonchev–Trinajstić information content (AvgIpc) is 2.20. The Morgan fingerprint density at radius 2 is 2.13 bits per heavy atom. The Morgan fingerprint density at radius 1 is 1.47 bits per heavy atom. The van der Waals surface area contributed by atoms with Gasteiger partial charge in [0.1, 0.15) is 6.67 Å². The molecule has 0 atom stereocenters. The van der Waals surface area contributed by atoms with Crippen molar-refractivity contribution in [3.8, 4) is 0 Å². The van der Waals surface area contributed by atoms with Crippen LogP contribution in [0.5, 0.6) is 0 Å². The molecule has 0 aliphatic carbocycles. The van der Waals surface area contributed by atoms with Crippen molar-refractivity contribution < 1.29 is 23.3 Å². The lowest BCUT2D eigenvalue weighted by atomic mass is 10.2. The maximum Gasteiger partial charge on any atom is 0.199 e. The molecule has 15 heavy (non-hydrogen) atoms. The predicted molar refractivity (Wildman–Crippen MR) is 53.5 cm³/mol. The predicted octanol–water partition coefficient (Wildman–Crippen LogP) is 0.947. The number of hydrogen-bond acceptors (Lipinski definition) is 6. The molecule has 0 heterocycles. The van der Waals surface area contributed by atoms with Crippen LogP contribution in [0.2, 0.25) is 0 Å². The van der Waals surface area contributed by atoms with Crippen LogP contribution in [0.25, 0.3) is 0 Å². The van der Waals surface area contributed by atoms with Gasteiger partial charge in [0, 0.05) is 39.0 Å². The van der Waals surface area contributed by atoms with Gasteiger partial charge in [-0.3, -0.25) is 14.0 Å². The normalized spacial score (nSPS) is 10.7. The van der Waals surface area contributed by atoms with Gasteiger partial charge in [0.2, 0.25) is 0 Å². The van der Waals surface area contributed by atoms with Crippen molar-refractivity contribution in [1.29, 1.82) is 0 Å². The van der Waals surface area contributed by atoms with Gasteiger partial charge in [-0.15, -0.1) is 9.32 Å². The van der Waals surface area contributed by atoms with E-state index in [-0.39, 0.29) is 18.7 Å². The van der Waals surface area contributed by atoms with E-state index in [1.54, 1.807) is 7.05 Å². The second kappa shape index (κ2) is 8.78. The fourth-order valence-corrected chi connectivity index (χ4v) is 0.889. The topological polar surface area (TPSA) is 55.8 Å². The maximum atomic E-state index is 11.6. The van der Waals surface area contributed by atoms with Crippen LogP contribution in [0.3, 0.4) is 0 Å². The van der Waals surface area contributed by atoms with E-state index >= 15 is 0 Å². The van der Waals surface area contributed by atoms with Gasteiger partial charge in [-0.1, -0.05) is 0 Å². The molecule has 0 unspecified atom stereocenters. The second-order valence-electron chi connectivity index (χ2n) is 2.73. The summed E-state index contributed by atoms with van der Waals surface area (Å²) in [6, 6.07) is 0. The summed E-state index contributed by atoms with van der Waals surface area (Å²) in [6.07, 6.45) is 0.0724. The van der Waals surface area contributed by atoms with Crippen molar-refractivity contribution in [2.75, 3.05) is 26.0 Å². The van der Waals surface area contributed by atoms with Crippen molar-refractivity contribution in [2.24, 2.45) is 0 Å². The first-order valence-corrected chi connectivity index (χ1v) is 5.26. The van der Waals surface area contributed by atoms with Gasteiger partial charge in [0.25, 0.3) is 0 Å². The van der Waals surface area contributed by atoms with Crippen LogP contribution >= 0.6 is 12.0 Å². The fourth-order valence-electron chi connectivity index (χ4n) is 0.611. The van der Waals surface area contributed by atoms with Gasteiger partial charge in [-0.05, 0) is 0 Å². The zero-order chi connectivity index (χ0) is 11.7. The number of hydrogen-bond donors (Lipinski definition) is 0. The number of halogens is 1. The Hall–Kier alpha value is -0.500. The van der Waals surface area contributed by atoms with Gasteiger partial charge in [-0.25, -0.2) is 0 Å². The maximum absolute atomic E-state index is 11.6. The number of nitrogens with zero attached hydrogens (tertiary/aromatic N) is 1. The quantitative estimate of drug-likeness (QED) is 0.196. The Balaban J connectivity index is 3.44. The minimum atomic E-state index is -0.499. The molecule has 0 bridgehead atoms. The molecule has 0 aromatic carbocycles. The van der Waals surface area contributed by atoms with E-state index < -0.39 is 18.2 Å². The highest BCUT2D eigenvalue weighted by molar-refractivity contribution is 7.94. The number of ketones is 2. The van der Waals surface area contributed by atoms with Crippen LogP contribution in [0.15, 0.2) is 0 Å².